The van der Waals surface area contributed by atoms with Crippen LogP contribution >= 0.6 is 23.2 Å². The Hall–Kier alpha value is -3.69. The number of halogens is 2. The maximum atomic E-state index is 12.9. The number of aromatic nitrogens is 3. The predicted molar refractivity (Wildman–Crippen MR) is 131 cm³/mol. The fraction of sp³-hybridized carbons (Fsp3) is 0.261. The van der Waals surface area contributed by atoms with Crippen molar-refractivity contribution in [1.82, 2.24) is 25.2 Å². The van der Waals surface area contributed by atoms with Gasteiger partial charge in [0, 0.05) is 35.7 Å². The van der Waals surface area contributed by atoms with E-state index in [9.17, 15) is 14.9 Å². The minimum atomic E-state index is -0.852. The molecule has 186 valence electrons. The van der Waals surface area contributed by atoms with Crippen LogP contribution in [0.1, 0.15) is 22.6 Å². The van der Waals surface area contributed by atoms with Crippen molar-refractivity contribution in [3.63, 3.8) is 0 Å². The van der Waals surface area contributed by atoms with Crippen molar-refractivity contribution in [3.05, 3.63) is 74.0 Å². The van der Waals surface area contributed by atoms with Gasteiger partial charge in [-0.25, -0.2) is 14.7 Å². The number of hydrazine groups is 1. The van der Waals surface area contributed by atoms with Crippen molar-refractivity contribution in [1.29, 1.82) is 0 Å². The molecular formula is C23H20Cl2N6O5. The number of carbonyl (C=O) groups is 1. The van der Waals surface area contributed by atoms with Crippen LogP contribution in [0, 0.1) is 22.0 Å². The van der Waals surface area contributed by atoms with Gasteiger partial charge in [-0.05, 0) is 42.5 Å². The number of nitrogens with one attached hydrogen (secondary N) is 1. The summed E-state index contributed by atoms with van der Waals surface area (Å²) < 4.78 is 6.80. The summed E-state index contributed by atoms with van der Waals surface area (Å²) in [7, 11) is 0. The van der Waals surface area contributed by atoms with E-state index in [0.29, 0.717) is 59.0 Å². The Balaban J connectivity index is 1.61. The van der Waals surface area contributed by atoms with Crippen molar-refractivity contribution >= 4 is 29.1 Å². The van der Waals surface area contributed by atoms with Crippen LogP contribution in [0.5, 0.6) is 0 Å². The summed E-state index contributed by atoms with van der Waals surface area (Å²) in [6.45, 7) is 2.06. The second kappa shape index (κ2) is 11.8. The van der Waals surface area contributed by atoms with Crippen LogP contribution in [-0.2, 0) is 9.57 Å². The second-order valence-corrected chi connectivity index (χ2v) is 8.34. The lowest BCUT2D eigenvalue weighted by Crippen LogP contribution is -2.48. The molecule has 1 fully saturated rings. The van der Waals surface area contributed by atoms with E-state index in [2.05, 4.69) is 32.2 Å². The van der Waals surface area contributed by atoms with Gasteiger partial charge >= 0.3 is 5.91 Å². The third-order valence-corrected chi connectivity index (χ3v) is 5.56. The van der Waals surface area contributed by atoms with Crippen molar-refractivity contribution in [3.8, 4) is 28.9 Å². The highest BCUT2D eigenvalue weighted by Crippen LogP contribution is 2.28. The molecule has 0 aliphatic carbocycles. The molecule has 0 atom stereocenters. The molecule has 0 spiro atoms. The number of ether oxygens (including phenoxy) is 1. The van der Waals surface area contributed by atoms with Gasteiger partial charge in [0.1, 0.15) is 6.61 Å². The van der Waals surface area contributed by atoms with Crippen LogP contribution in [0.15, 0.2) is 42.5 Å². The minimum Gasteiger partial charge on any atom is -0.379 e. The molecule has 2 aromatic carbocycles. The average molecular weight is 531 g/mol. The van der Waals surface area contributed by atoms with Gasteiger partial charge in [-0.1, -0.05) is 35.0 Å². The van der Waals surface area contributed by atoms with Crippen molar-refractivity contribution in [2.45, 2.75) is 6.42 Å². The summed E-state index contributed by atoms with van der Waals surface area (Å²) in [5, 5.41) is 16.3. The van der Waals surface area contributed by atoms with Crippen LogP contribution in [0.3, 0.4) is 0 Å². The highest BCUT2D eigenvalue weighted by molar-refractivity contribution is 6.35. The van der Waals surface area contributed by atoms with Gasteiger partial charge in [-0.2, -0.15) is 0 Å². The lowest BCUT2D eigenvalue weighted by atomic mass is 10.1. The third-order valence-electron chi connectivity index (χ3n) is 5.02. The van der Waals surface area contributed by atoms with Gasteiger partial charge in [0.05, 0.1) is 23.9 Å². The summed E-state index contributed by atoms with van der Waals surface area (Å²) in [4.78, 5) is 31.8. The minimum absolute atomic E-state index is 0.0304. The summed E-state index contributed by atoms with van der Waals surface area (Å²) in [5.41, 5.74) is 4.67. The molecule has 1 aromatic heterocycles. The lowest BCUT2D eigenvalue weighted by Gasteiger charge is -2.26. The first-order chi connectivity index (χ1) is 17.4. The number of rotatable bonds is 7. The SMILES string of the molecule is O=C(NN1CCOCC1)c1nc(-c2ccc(C#CCCO[N+](=O)[O-])cc2)n(-c2ccc(Cl)cc2Cl)n1. The maximum absolute atomic E-state index is 12.9. The first kappa shape index (κ1) is 25.4. The number of benzene rings is 2. The average Bonchev–Trinajstić information content (AvgIpc) is 3.30. The summed E-state index contributed by atoms with van der Waals surface area (Å²) in [5.74, 6) is 5.64. The molecule has 2 heterocycles. The number of nitrogens with zero attached hydrogens (tertiary/aromatic N) is 5. The molecule has 1 aliphatic heterocycles. The van der Waals surface area contributed by atoms with E-state index >= 15 is 0 Å². The van der Waals surface area contributed by atoms with Crippen LogP contribution in [0.25, 0.3) is 17.1 Å². The van der Waals surface area contributed by atoms with Gasteiger partial charge in [0.25, 0.3) is 5.09 Å². The fourth-order valence-electron chi connectivity index (χ4n) is 3.32. The van der Waals surface area contributed by atoms with E-state index in [1.807, 2.05) is 0 Å². The van der Waals surface area contributed by atoms with Crippen LogP contribution in [-0.4, -0.2) is 63.7 Å². The zero-order valence-electron chi connectivity index (χ0n) is 18.8. The Labute approximate surface area is 216 Å². The van der Waals surface area contributed by atoms with E-state index in [1.165, 1.54) is 4.68 Å². The number of carbonyl (C=O) groups excluding carboxylic acids is 1. The second-order valence-electron chi connectivity index (χ2n) is 7.49. The van der Waals surface area contributed by atoms with E-state index in [-0.39, 0.29) is 18.9 Å². The molecule has 4 rings (SSSR count). The first-order valence-corrected chi connectivity index (χ1v) is 11.6. The number of hydrogen-bond donors (Lipinski definition) is 1. The van der Waals surface area contributed by atoms with Gasteiger partial charge < -0.3 is 9.57 Å². The number of hydrogen-bond acceptors (Lipinski definition) is 8. The normalized spacial score (nSPS) is 13.5. The highest BCUT2D eigenvalue weighted by atomic mass is 35.5. The zero-order chi connectivity index (χ0) is 25.5. The zero-order valence-corrected chi connectivity index (χ0v) is 20.3. The Morgan fingerprint density at radius 2 is 1.94 bits per heavy atom. The lowest BCUT2D eigenvalue weighted by molar-refractivity contribution is -0.757. The largest absolute Gasteiger partial charge is 0.379 e. The van der Waals surface area contributed by atoms with E-state index in [4.69, 9.17) is 27.9 Å². The maximum Gasteiger partial charge on any atom is 0.305 e. The topological polar surface area (TPSA) is 125 Å². The van der Waals surface area contributed by atoms with Crippen molar-refractivity contribution < 1.29 is 19.5 Å². The monoisotopic (exact) mass is 530 g/mol. The molecule has 0 unspecified atom stereocenters. The fourth-order valence-corrected chi connectivity index (χ4v) is 3.81. The number of amides is 1. The molecule has 13 heteroatoms. The van der Waals surface area contributed by atoms with Gasteiger partial charge in [0.2, 0.25) is 5.82 Å². The molecule has 36 heavy (non-hydrogen) atoms. The van der Waals surface area contributed by atoms with Gasteiger partial charge in [-0.15, -0.1) is 15.2 Å². The standard InChI is InChI=1S/C23H20Cl2N6O5/c24-18-8-9-20(19(25)15-18)30-22(26-21(27-30)23(32)28-29-10-13-35-14-11-29)17-6-4-16(5-7-17)3-1-2-12-36-31(33)34/h4-9,15H,2,10-14H2,(H,28,32). The Morgan fingerprint density at radius 1 is 1.19 bits per heavy atom. The molecule has 1 saturated heterocycles. The van der Waals surface area contributed by atoms with Gasteiger partial charge in [-0.3, -0.25) is 10.2 Å². The summed E-state index contributed by atoms with van der Waals surface area (Å²) >= 11 is 12.5. The Morgan fingerprint density at radius 3 is 2.64 bits per heavy atom. The van der Waals surface area contributed by atoms with Gasteiger partial charge in [0.15, 0.2) is 5.82 Å². The van der Waals surface area contributed by atoms with Crippen molar-refractivity contribution in [2.75, 3.05) is 32.9 Å². The Bertz CT molecular complexity index is 1310. The van der Waals surface area contributed by atoms with Crippen LogP contribution in [0.4, 0.5) is 0 Å². The molecule has 0 saturated carbocycles. The first-order valence-electron chi connectivity index (χ1n) is 10.8. The molecule has 1 N–H and O–H groups in total. The van der Waals surface area contributed by atoms with E-state index in [0.717, 1.165) is 0 Å². The smallest absolute Gasteiger partial charge is 0.305 e. The summed E-state index contributed by atoms with van der Waals surface area (Å²) in [6, 6.07) is 12.1. The molecule has 1 aliphatic rings. The van der Waals surface area contributed by atoms with Crippen LogP contribution in [0.2, 0.25) is 10.0 Å². The van der Waals surface area contributed by atoms with Crippen LogP contribution < -0.4 is 5.43 Å². The molecule has 11 nitrogen and oxygen atoms in total. The molecule has 3 aromatic rings. The quantitative estimate of drug-likeness (QED) is 0.213. The predicted octanol–water partition coefficient (Wildman–Crippen LogP) is 3.17. The van der Waals surface area contributed by atoms with E-state index < -0.39 is 11.0 Å². The Kier molecular flexibility index (Phi) is 8.35. The van der Waals surface area contributed by atoms with Crippen molar-refractivity contribution in [2.24, 2.45) is 0 Å². The van der Waals surface area contributed by atoms with E-state index in [1.54, 1.807) is 47.5 Å². The highest BCUT2D eigenvalue weighted by Gasteiger charge is 2.22. The molecule has 0 bridgehead atoms. The third kappa shape index (κ3) is 6.50. The molecule has 0 radical (unpaired) electrons. The number of morpholine rings is 1. The molecular weight excluding hydrogens is 511 g/mol. The molecule has 1 amide bonds. The summed E-state index contributed by atoms with van der Waals surface area (Å²) in [6.07, 6.45) is 0.216.